The molecule has 2 unspecified atom stereocenters. The molecule has 23 heavy (non-hydrogen) atoms. The molecule has 0 saturated heterocycles. The van der Waals surface area contributed by atoms with Gasteiger partial charge in [0.1, 0.15) is 5.82 Å². The van der Waals surface area contributed by atoms with Crippen molar-refractivity contribution in [2.24, 2.45) is 11.8 Å². The lowest BCUT2D eigenvalue weighted by Gasteiger charge is -2.07. The average molecular weight is 333 g/mol. The monoisotopic (exact) mass is 332 g/mol. The Balaban J connectivity index is 1.57. The minimum atomic E-state index is -0.499. The van der Waals surface area contributed by atoms with Crippen LogP contribution in [0, 0.1) is 17.7 Å². The number of anilines is 2. The van der Waals surface area contributed by atoms with Crippen molar-refractivity contribution < 1.29 is 14.0 Å². The predicted molar refractivity (Wildman–Crippen MR) is 86.7 cm³/mol. The normalized spacial score (nSPS) is 19.0. The molecule has 2 atom stereocenters. The van der Waals surface area contributed by atoms with E-state index in [0.29, 0.717) is 17.1 Å². The van der Waals surface area contributed by atoms with Gasteiger partial charge in [-0.2, -0.15) is 0 Å². The molecule has 3 rings (SSSR count). The lowest BCUT2D eigenvalue weighted by molar-refractivity contribution is -0.122. The molecule has 0 spiro atoms. The van der Waals surface area contributed by atoms with Gasteiger partial charge in [-0.25, -0.2) is 4.39 Å². The van der Waals surface area contributed by atoms with Crippen molar-refractivity contribution in [3.8, 4) is 0 Å². The van der Waals surface area contributed by atoms with E-state index in [4.69, 9.17) is 11.6 Å². The molecule has 2 aromatic rings. The quantitative estimate of drug-likeness (QED) is 0.897. The summed E-state index contributed by atoms with van der Waals surface area (Å²) in [6, 6.07) is 12.7. The van der Waals surface area contributed by atoms with Gasteiger partial charge in [0, 0.05) is 10.7 Å². The molecule has 2 N–H and O–H groups in total. The van der Waals surface area contributed by atoms with Crippen LogP contribution in [-0.4, -0.2) is 11.8 Å². The maximum Gasteiger partial charge on any atom is 0.228 e. The highest BCUT2D eigenvalue weighted by molar-refractivity contribution is 6.30. The summed E-state index contributed by atoms with van der Waals surface area (Å²) in [6.45, 7) is 0. The molecule has 4 nitrogen and oxygen atoms in total. The van der Waals surface area contributed by atoms with Crippen LogP contribution in [0.5, 0.6) is 0 Å². The number of amides is 2. The van der Waals surface area contributed by atoms with Crippen LogP contribution in [0.15, 0.2) is 48.5 Å². The minimum Gasteiger partial charge on any atom is -0.326 e. The Morgan fingerprint density at radius 3 is 2.39 bits per heavy atom. The van der Waals surface area contributed by atoms with Crippen molar-refractivity contribution in [3.05, 3.63) is 59.4 Å². The van der Waals surface area contributed by atoms with Gasteiger partial charge in [0.15, 0.2) is 0 Å². The molecule has 0 heterocycles. The summed E-state index contributed by atoms with van der Waals surface area (Å²) in [5, 5.41) is 5.76. The average Bonchev–Trinajstić information content (AvgIpc) is 3.30. The Labute approximate surface area is 137 Å². The smallest absolute Gasteiger partial charge is 0.228 e. The zero-order valence-electron chi connectivity index (χ0n) is 12.1. The van der Waals surface area contributed by atoms with Gasteiger partial charge in [0.25, 0.3) is 0 Å². The zero-order chi connectivity index (χ0) is 16.4. The largest absolute Gasteiger partial charge is 0.326 e. The molecule has 1 saturated carbocycles. The predicted octanol–water partition coefficient (Wildman–Crippen LogP) is 3.69. The van der Waals surface area contributed by atoms with Gasteiger partial charge >= 0.3 is 0 Å². The van der Waals surface area contributed by atoms with Crippen molar-refractivity contribution in [2.75, 3.05) is 10.6 Å². The summed E-state index contributed by atoms with van der Waals surface area (Å²) in [6.07, 6.45) is 0.451. The van der Waals surface area contributed by atoms with Crippen molar-refractivity contribution in [3.63, 3.8) is 0 Å². The molecule has 118 valence electrons. The third-order valence-corrected chi connectivity index (χ3v) is 3.92. The van der Waals surface area contributed by atoms with E-state index in [1.165, 1.54) is 12.1 Å². The van der Waals surface area contributed by atoms with Gasteiger partial charge in [0.2, 0.25) is 11.8 Å². The topological polar surface area (TPSA) is 58.2 Å². The van der Waals surface area contributed by atoms with E-state index >= 15 is 0 Å². The Bertz CT molecular complexity index is 766. The van der Waals surface area contributed by atoms with Crippen LogP contribution in [0.1, 0.15) is 6.42 Å². The van der Waals surface area contributed by atoms with Gasteiger partial charge in [-0.05, 0) is 36.8 Å². The lowest BCUT2D eigenvalue weighted by atomic mass is 10.2. The highest BCUT2D eigenvalue weighted by atomic mass is 35.5. The van der Waals surface area contributed by atoms with Gasteiger partial charge in [-0.3, -0.25) is 9.59 Å². The fourth-order valence-corrected chi connectivity index (χ4v) is 2.55. The van der Waals surface area contributed by atoms with E-state index in [9.17, 15) is 14.0 Å². The number of hydrogen-bond donors (Lipinski definition) is 2. The summed E-state index contributed by atoms with van der Waals surface area (Å²) in [4.78, 5) is 24.2. The molecule has 1 aliphatic rings. The Kier molecular flexibility index (Phi) is 4.30. The maximum atomic E-state index is 13.5. The molecular formula is C17H14ClFN2O2. The van der Waals surface area contributed by atoms with E-state index in [2.05, 4.69) is 10.6 Å². The molecule has 0 radical (unpaired) electrons. The van der Waals surface area contributed by atoms with Crippen molar-refractivity contribution >= 4 is 34.8 Å². The second-order valence-electron chi connectivity index (χ2n) is 5.42. The third kappa shape index (κ3) is 3.68. The Morgan fingerprint density at radius 1 is 1.00 bits per heavy atom. The van der Waals surface area contributed by atoms with Crippen LogP contribution in [0.4, 0.5) is 15.8 Å². The van der Waals surface area contributed by atoms with Crippen LogP contribution in [0.25, 0.3) is 0 Å². The van der Waals surface area contributed by atoms with E-state index in [1.54, 1.807) is 36.4 Å². The summed E-state index contributed by atoms with van der Waals surface area (Å²) in [5.74, 6) is -1.92. The van der Waals surface area contributed by atoms with Crippen molar-refractivity contribution in [1.82, 2.24) is 0 Å². The molecule has 2 aromatic carbocycles. The first kappa shape index (κ1) is 15.5. The molecule has 2 amide bonds. The first-order chi connectivity index (χ1) is 11.0. The van der Waals surface area contributed by atoms with Crippen LogP contribution < -0.4 is 10.6 Å². The Morgan fingerprint density at radius 2 is 1.70 bits per heavy atom. The van der Waals surface area contributed by atoms with E-state index in [0.717, 1.165) is 0 Å². The lowest BCUT2D eigenvalue weighted by Crippen LogP contribution is -2.21. The van der Waals surface area contributed by atoms with E-state index < -0.39 is 17.7 Å². The van der Waals surface area contributed by atoms with Gasteiger partial charge in [-0.1, -0.05) is 29.8 Å². The molecule has 0 bridgehead atoms. The SMILES string of the molecule is O=C(Nc1cccc(Cl)c1)C1CC1C(=O)Nc1ccccc1F. The molecule has 0 aliphatic heterocycles. The Hall–Kier alpha value is -2.40. The maximum absolute atomic E-state index is 13.5. The molecule has 1 aliphatic carbocycles. The summed E-state index contributed by atoms with van der Waals surface area (Å²) in [7, 11) is 0. The summed E-state index contributed by atoms with van der Waals surface area (Å²) < 4.78 is 13.5. The molecular weight excluding hydrogens is 319 g/mol. The molecule has 1 fully saturated rings. The highest BCUT2D eigenvalue weighted by Gasteiger charge is 2.48. The number of carbonyl (C=O) groups is 2. The van der Waals surface area contributed by atoms with Gasteiger partial charge in [0.05, 0.1) is 17.5 Å². The second-order valence-corrected chi connectivity index (χ2v) is 5.85. The third-order valence-electron chi connectivity index (χ3n) is 3.69. The van der Waals surface area contributed by atoms with Crippen molar-refractivity contribution in [2.45, 2.75) is 6.42 Å². The first-order valence-electron chi connectivity index (χ1n) is 7.16. The van der Waals surface area contributed by atoms with Crippen LogP contribution >= 0.6 is 11.6 Å². The number of halogens is 2. The number of benzene rings is 2. The summed E-state index contributed by atoms with van der Waals surface area (Å²) >= 11 is 5.86. The molecule has 6 heteroatoms. The molecule has 0 aromatic heterocycles. The first-order valence-corrected chi connectivity index (χ1v) is 7.54. The highest BCUT2D eigenvalue weighted by Crippen LogP contribution is 2.40. The van der Waals surface area contributed by atoms with E-state index in [-0.39, 0.29) is 17.5 Å². The van der Waals surface area contributed by atoms with Crippen molar-refractivity contribution in [1.29, 1.82) is 0 Å². The van der Waals surface area contributed by atoms with Crippen LogP contribution in [-0.2, 0) is 9.59 Å². The number of hydrogen-bond acceptors (Lipinski definition) is 2. The van der Waals surface area contributed by atoms with Crippen LogP contribution in [0.3, 0.4) is 0 Å². The van der Waals surface area contributed by atoms with Gasteiger partial charge in [-0.15, -0.1) is 0 Å². The second kappa shape index (κ2) is 6.38. The number of carbonyl (C=O) groups excluding carboxylic acids is 2. The number of nitrogens with one attached hydrogen (secondary N) is 2. The summed E-state index contributed by atoms with van der Waals surface area (Å²) in [5.41, 5.74) is 0.709. The van der Waals surface area contributed by atoms with E-state index in [1.807, 2.05) is 0 Å². The number of para-hydroxylation sites is 1. The minimum absolute atomic E-state index is 0.124. The fourth-order valence-electron chi connectivity index (χ4n) is 2.36. The standard InChI is InChI=1S/C17H14ClFN2O2/c18-10-4-3-5-11(8-10)20-16(22)12-9-13(12)17(23)21-15-7-2-1-6-14(15)19/h1-8,12-13H,9H2,(H,20,22)(H,21,23). The van der Waals surface area contributed by atoms with Gasteiger partial charge < -0.3 is 10.6 Å². The van der Waals surface area contributed by atoms with Crippen LogP contribution in [0.2, 0.25) is 5.02 Å². The fraction of sp³-hybridized carbons (Fsp3) is 0.176. The zero-order valence-corrected chi connectivity index (χ0v) is 12.8. The number of rotatable bonds is 4.